The summed E-state index contributed by atoms with van der Waals surface area (Å²) < 4.78 is 5.48. The molecule has 0 aromatic heterocycles. The zero-order valence-electron chi connectivity index (χ0n) is 9.08. The Morgan fingerprint density at radius 2 is 2.08 bits per heavy atom. The lowest BCUT2D eigenvalue weighted by Gasteiger charge is -2.18. The Balaban J connectivity index is 3.34. The number of ether oxygens (including phenoxy) is 1. The van der Waals surface area contributed by atoms with Gasteiger partial charge in [-0.05, 0) is 28.1 Å². The highest BCUT2D eigenvalue weighted by Crippen LogP contribution is 1.99. The predicted octanol–water partition coefficient (Wildman–Crippen LogP) is -0.119. The van der Waals surface area contributed by atoms with Gasteiger partial charge in [-0.3, -0.25) is 5.32 Å². The van der Waals surface area contributed by atoms with Crippen LogP contribution in [0.1, 0.15) is 13.3 Å². The average molecular weight is 190 g/mol. The normalized spacial score (nSPS) is 16.2. The van der Waals surface area contributed by atoms with Crippen LogP contribution in [0, 0.1) is 0 Å². The fraction of sp³-hybridized carbons (Fsp3) is 1.00. The monoisotopic (exact) mass is 190 g/mol. The van der Waals surface area contributed by atoms with Crippen LogP contribution in [0.3, 0.4) is 0 Å². The lowest BCUT2D eigenvalue weighted by molar-refractivity contribution is 0.0120. The van der Waals surface area contributed by atoms with Gasteiger partial charge in [0.25, 0.3) is 0 Å². The molecule has 4 nitrogen and oxygen atoms in total. The van der Waals surface area contributed by atoms with Gasteiger partial charge in [0, 0.05) is 13.0 Å². The molecule has 0 aliphatic heterocycles. The van der Waals surface area contributed by atoms with Gasteiger partial charge in [0.15, 0.2) is 0 Å². The van der Waals surface area contributed by atoms with E-state index in [-0.39, 0.29) is 6.10 Å². The standard InChI is InChI=1S/C9H22N2O2/c1-8(7-9(12)10-2)13-6-5-11(3)4/h8-10,12H,5-7H2,1-4H3. The minimum atomic E-state index is -0.464. The smallest absolute Gasteiger partial charge is 0.107 e. The second kappa shape index (κ2) is 7.26. The molecule has 0 radical (unpaired) electrons. The highest BCUT2D eigenvalue weighted by Gasteiger charge is 2.07. The largest absolute Gasteiger partial charge is 0.379 e. The molecule has 0 aromatic rings. The summed E-state index contributed by atoms with van der Waals surface area (Å²) in [5.74, 6) is 0. The van der Waals surface area contributed by atoms with Crippen LogP contribution in [0.5, 0.6) is 0 Å². The number of hydrogen-bond acceptors (Lipinski definition) is 4. The first-order valence-electron chi connectivity index (χ1n) is 4.68. The SMILES string of the molecule is CNC(O)CC(C)OCCN(C)C. The third kappa shape index (κ3) is 8.18. The van der Waals surface area contributed by atoms with E-state index in [1.807, 2.05) is 21.0 Å². The Kier molecular flexibility index (Phi) is 7.17. The van der Waals surface area contributed by atoms with E-state index in [1.165, 1.54) is 0 Å². The molecule has 2 N–H and O–H groups in total. The van der Waals surface area contributed by atoms with Crippen LogP contribution in [-0.4, -0.2) is 56.6 Å². The molecule has 0 aliphatic rings. The maximum absolute atomic E-state index is 9.24. The summed E-state index contributed by atoms with van der Waals surface area (Å²) in [4.78, 5) is 2.07. The zero-order valence-corrected chi connectivity index (χ0v) is 9.08. The van der Waals surface area contributed by atoms with Crippen molar-refractivity contribution in [1.82, 2.24) is 10.2 Å². The van der Waals surface area contributed by atoms with Crippen LogP contribution in [0.4, 0.5) is 0 Å². The molecule has 2 unspecified atom stereocenters. The molecule has 0 aromatic carbocycles. The minimum Gasteiger partial charge on any atom is -0.379 e. The highest BCUT2D eigenvalue weighted by atomic mass is 16.5. The molecule has 2 atom stereocenters. The Labute approximate surface area is 80.9 Å². The topological polar surface area (TPSA) is 44.7 Å². The van der Waals surface area contributed by atoms with E-state index in [0.717, 1.165) is 6.54 Å². The third-order valence-corrected chi connectivity index (χ3v) is 1.83. The number of rotatable bonds is 7. The number of nitrogens with one attached hydrogen (secondary N) is 1. The van der Waals surface area contributed by atoms with E-state index in [0.29, 0.717) is 13.0 Å². The lowest BCUT2D eigenvalue weighted by Crippen LogP contribution is -2.30. The van der Waals surface area contributed by atoms with Crippen LogP contribution in [-0.2, 0) is 4.74 Å². The summed E-state index contributed by atoms with van der Waals surface area (Å²) in [5, 5.41) is 12.0. The van der Waals surface area contributed by atoms with E-state index in [2.05, 4.69) is 10.2 Å². The first kappa shape index (κ1) is 12.8. The molecule has 0 fully saturated rings. The fourth-order valence-electron chi connectivity index (χ4n) is 0.937. The Bertz CT molecular complexity index is 120. The number of aliphatic hydroxyl groups is 1. The summed E-state index contributed by atoms with van der Waals surface area (Å²) >= 11 is 0. The first-order valence-corrected chi connectivity index (χ1v) is 4.68. The van der Waals surface area contributed by atoms with E-state index in [4.69, 9.17) is 4.74 Å². The average Bonchev–Trinajstić information content (AvgIpc) is 2.03. The van der Waals surface area contributed by atoms with Crippen molar-refractivity contribution in [2.75, 3.05) is 34.3 Å². The molecular weight excluding hydrogens is 168 g/mol. The molecule has 0 rings (SSSR count). The van der Waals surface area contributed by atoms with Crippen molar-refractivity contribution in [2.24, 2.45) is 0 Å². The second-order valence-electron chi connectivity index (χ2n) is 3.52. The molecule has 0 aliphatic carbocycles. The van der Waals surface area contributed by atoms with Crippen LogP contribution in [0.2, 0.25) is 0 Å². The molecular formula is C9H22N2O2. The van der Waals surface area contributed by atoms with Crippen molar-refractivity contribution in [3.05, 3.63) is 0 Å². The van der Waals surface area contributed by atoms with Crippen LogP contribution >= 0.6 is 0 Å². The highest BCUT2D eigenvalue weighted by molar-refractivity contribution is 4.57. The van der Waals surface area contributed by atoms with Gasteiger partial charge in [0.2, 0.25) is 0 Å². The second-order valence-corrected chi connectivity index (χ2v) is 3.52. The van der Waals surface area contributed by atoms with Crippen molar-refractivity contribution in [2.45, 2.75) is 25.7 Å². The Morgan fingerprint density at radius 1 is 1.46 bits per heavy atom. The molecule has 0 spiro atoms. The lowest BCUT2D eigenvalue weighted by atomic mass is 10.2. The minimum absolute atomic E-state index is 0.0994. The maximum Gasteiger partial charge on any atom is 0.107 e. The Hall–Kier alpha value is -0.160. The number of aliphatic hydroxyl groups excluding tert-OH is 1. The van der Waals surface area contributed by atoms with Gasteiger partial charge in [-0.15, -0.1) is 0 Å². The summed E-state index contributed by atoms with van der Waals surface area (Å²) in [5.41, 5.74) is 0. The van der Waals surface area contributed by atoms with Gasteiger partial charge in [0.1, 0.15) is 6.23 Å². The number of nitrogens with zero attached hydrogens (tertiary/aromatic N) is 1. The van der Waals surface area contributed by atoms with E-state index >= 15 is 0 Å². The molecule has 13 heavy (non-hydrogen) atoms. The molecule has 0 bridgehead atoms. The molecule has 0 amide bonds. The summed E-state index contributed by atoms with van der Waals surface area (Å²) in [6, 6.07) is 0. The first-order chi connectivity index (χ1) is 6.06. The van der Waals surface area contributed by atoms with Crippen LogP contribution in [0.15, 0.2) is 0 Å². The molecule has 4 heteroatoms. The number of likely N-dealkylation sites (N-methyl/N-ethyl adjacent to an activating group) is 1. The van der Waals surface area contributed by atoms with Crippen molar-refractivity contribution in [3.63, 3.8) is 0 Å². The van der Waals surface area contributed by atoms with Gasteiger partial charge in [-0.1, -0.05) is 0 Å². The summed E-state index contributed by atoms with van der Waals surface area (Å²) in [7, 11) is 5.75. The van der Waals surface area contributed by atoms with E-state index < -0.39 is 6.23 Å². The van der Waals surface area contributed by atoms with E-state index in [1.54, 1.807) is 7.05 Å². The van der Waals surface area contributed by atoms with Crippen molar-refractivity contribution >= 4 is 0 Å². The van der Waals surface area contributed by atoms with Gasteiger partial charge in [-0.25, -0.2) is 0 Å². The molecule has 0 saturated heterocycles. The van der Waals surface area contributed by atoms with Crippen LogP contribution < -0.4 is 5.32 Å². The van der Waals surface area contributed by atoms with Gasteiger partial charge < -0.3 is 14.7 Å². The van der Waals surface area contributed by atoms with Gasteiger partial charge in [0.05, 0.1) is 12.7 Å². The summed E-state index contributed by atoms with van der Waals surface area (Å²) in [6.07, 6.45) is 0.265. The molecule has 0 saturated carbocycles. The quantitative estimate of drug-likeness (QED) is 0.549. The maximum atomic E-state index is 9.24. The van der Waals surface area contributed by atoms with Crippen molar-refractivity contribution < 1.29 is 9.84 Å². The Morgan fingerprint density at radius 3 is 2.54 bits per heavy atom. The predicted molar refractivity (Wildman–Crippen MR) is 53.7 cm³/mol. The molecule has 0 heterocycles. The van der Waals surface area contributed by atoms with Gasteiger partial charge in [-0.2, -0.15) is 0 Å². The van der Waals surface area contributed by atoms with Crippen molar-refractivity contribution in [3.8, 4) is 0 Å². The number of hydrogen-bond donors (Lipinski definition) is 2. The van der Waals surface area contributed by atoms with Crippen molar-refractivity contribution in [1.29, 1.82) is 0 Å². The van der Waals surface area contributed by atoms with Gasteiger partial charge >= 0.3 is 0 Å². The molecule has 80 valence electrons. The van der Waals surface area contributed by atoms with Crippen LogP contribution in [0.25, 0.3) is 0 Å². The van der Waals surface area contributed by atoms with E-state index in [9.17, 15) is 5.11 Å². The zero-order chi connectivity index (χ0) is 10.3. The summed E-state index contributed by atoms with van der Waals surface area (Å²) in [6.45, 7) is 3.60. The third-order valence-electron chi connectivity index (χ3n) is 1.83. The fourth-order valence-corrected chi connectivity index (χ4v) is 0.937.